The van der Waals surface area contributed by atoms with Gasteiger partial charge in [0.1, 0.15) is 5.82 Å². The number of aromatic nitrogens is 1. The monoisotopic (exact) mass is 293 g/mol. The van der Waals surface area contributed by atoms with E-state index < -0.39 is 14.9 Å². The fourth-order valence-corrected chi connectivity index (χ4v) is 2.61. The minimum absolute atomic E-state index is 0.0619. The van der Waals surface area contributed by atoms with Crippen LogP contribution < -0.4 is 4.72 Å². The third-order valence-electron chi connectivity index (χ3n) is 2.60. The fourth-order valence-electron chi connectivity index (χ4n) is 1.53. The van der Waals surface area contributed by atoms with Crippen LogP contribution in [0.25, 0.3) is 0 Å². The first-order chi connectivity index (χ1) is 9.40. The zero-order valence-electron chi connectivity index (χ0n) is 10.5. The predicted octanol–water partition coefficient (Wildman–Crippen LogP) is 2.10. The maximum absolute atomic E-state index is 12.1. The molecule has 1 N–H and O–H groups in total. The van der Waals surface area contributed by atoms with E-state index in [4.69, 9.17) is 0 Å². The lowest BCUT2D eigenvalue weighted by molar-refractivity contribution is -0.384. The Bertz CT molecular complexity index is 742. The van der Waals surface area contributed by atoms with Gasteiger partial charge in [-0.2, -0.15) is 0 Å². The van der Waals surface area contributed by atoms with E-state index in [9.17, 15) is 18.5 Å². The highest BCUT2D eigenvalue weighted by molar-refractivity contribution is 7.92. The number of nitrogens with zero attached hydrogens (tertiary/aromatic N) is 2. The molecular formula is C12H11N3O4S. The van der Waals surface area contributed by atoms with E-state index in [-0.39, 0.29) is 16.4 Å². The van der Waals surface area contributed by atoms with E-state index in [1.165, 1.54) is 18.3 Å². The molecule has 7 nitrogen and oxygen atoms in total. The number of hydrogen-bond acceptors (Lipinski definition) is 5. The lowest BCUT2D eigenvalue weighted by Gasteiger charge is -2.08. The molecule has 0 aliphatic rings. The van der Waals surface area contributed by atoms with E-state index >= 15 is 0 Å². The van der Waals surface area contributed by atoms with Crippen LogP contribution in [0.15, 0.2) is 47.5 Å². The van der Waals surface area contributed by atoms with Crippen molar-refractivity contribution in [2.75, 3.05) is 4.72 Å². The van der Waals surface area contributed by atoms with Gasteiger partial charge in [0.15, 0.2) is 0 Å². The summed E-state index contributed by atoms with van der Waals surface area (Å²) in [6.07, 6.45) is 1.47. The fraction of sp³-hybridized carbons (Fsp3) is 0.0833. The summed E-state index contributed by atoms with van der Waals surface area (Å²) in [6, 6.07) is 8.05. The molecule has 0 atom stereocenters. The minimum Gasteiger partial charge on any atom is -0.263 e. The van der Waals surface area contributed by atoms with Gasteiger partial charge in [0.2, 0.25) is 0 Å². The maximum atomic E-state index is 12.1. The summed E-state index contributed by atoms with van der Waals surface area (Å²) in [5.41, 5.74) is 0.510. The van der Waals surface area contributed by atoms with Crippen LogP contribution in [0.1, 0.15) is 5.56 Å². The number of nitrogens with one attached hydrogen (secondary N) is 1. The highest BCUT2D eigenvalue weighted by Crippen LogP contribution is 2.19. The van der Waals surface area contributed by atoms with Crippen molar-refractivity contribution in [2.24, 2.45) is 0 Å². The third kappa shape index (κ3) is 2.91. The SMILES string of the molecule is Cc1cccnc1NS(=O)(=O)c1ccc([N+](=O)[O-])cc1. The molecule has 8 heteroatoms. The largest absolute Gasteiger partial charge is 0.269 e. The second-order valence-electron chi connectivity index (χ2n) is 4.03. The number of nitro groups is 1. The molecule has 2 rings (SSSR count). The zero-order valence-corrected chi connectivity index (χ0v) is 11.3. The van der Waals surface area contributed by atoms with Crippen LogP contribution in [0.5, 0.6) is 0 Å². The Morgan fingerprint density at radius 2 is 1.85 bits per heavy atom. The van der Waals surface area contributed by atoms with Crippen molar-refractivity contribution < 1.29 is 13.3 Å². The maximum Gasteiger partial charge on any atom is 0.269 e. The van der Waals surface area contributed by atoms with Gasteiger partial charge in [-0.1, -0.05) is 6.07 Å². The van der Waals surface area contributed by atoms with Gasteiger partial charge in [-0.3, -0.25) is 14.8 Å². The van der Waals surface area contributed by atoms with Gasteiger partial charge in [-0.05, 0) is 30.7 Å². The quantitative estimate of drug-likeness (QED) is 0.687. The molecule has 0 saturated heterocycles. The van der Waals surface area contributed by atoms with E-state index in [2.05, 4.69) is 9.71 Å². The molecule has 0 spiro atoms. The van der Waals surface area contributed by atoms with Crippen LogP contribution in [-0.4, -0.2) is 18.3 Å². The zero-order chi connectivity index (χ0) is 14.8. The van der Waals surface area contributed by atoms with Crippen LogP contribution in [0, 0.1) is 17.0 Å². The van der Waals surface area contributed by atoms with Crippen molar-refractivity contribution in [1.29, 1.82) is 0 Å². The van der Waals surface area contributed by atoms with Crippen molar-refractivity contribution >= 4 is 21.5 Å². The first kappa shape index (κ1) is 13.9. The minimum atomic E-state index is -3.81. The molecule has 20 heavy (non-hydrogen) atoms. The molecule has 1 heterocycles. The first-order valence-electron chi connectivity index (χ1n) is 5.59. The number of anilines is 1. The van der Waals surface area contributed by atoms with Gasteiger partial charge in [0.25, 0.3) is 15.7 Å². The lowest BCUT2D eigenvalue weighted by Crippen LogP contribution is -2.14. The Morgan fingerprint density at radius 1 is 1.20 bits per heavy atom. The second kappa shape index (κ2) is 5.25. The van der Waals surface area contributed by atoms with Gasteiger partial charge in [0.05, 0.1) is 9.82 Å². The highest BCUT2D eigenvalue weighted by Gasteiger charge is 2.17. The Balaban J connectivity index is 2.31. The van der Waals surface area contributed by atoms with E-state index in [1.54, 1.807) is 19.1 Å². The molecule has 0 fully saturated rings. The van der Waals surface area contributed by atoms with Gasteiger partial charge in [-0.25, -0.2) is 13.4 Å². The van der Waals surface area contributed by atoms with Gasteiger partial charge in [-0.15, -0.1) is 0 Å². The summed E-state index contributed by atoms with van der Waals surface area (Å²) in [5, 5.41) is 10.5. The number of rotatable bonds is 4. The number of non-ortho nitro benzene ring substituents is 1. The Labute approximate surface area is 115 Å². The summed E-state index contributed by atoms with van der Waals surface area (Å²) in [6.45, 7) is 1.72. The number of pyridine rings is 1. The van der Waals surface area contributed by atoms with Crippen molar-refractivity contribution in [3.8, 4) is 0 Å². The topological polar surface area (TPSA) is 102 Å². The number of benzene rings is 1. The lowest BCUT2D eigenvalue weighted by atomic mass is 10.3. The average Bonchev–Trinajstić information content (AvgIpc) is 2.41. The smallest absolute Gasteiger partial charge is 0.263 e. The van der Waals surface area contributed by atoms with E-state index in [0.717, 1.165) is 12.1 Å². The molecule has 1 aromatic heterocycles. The standard InChI is InChI=1S/C12H11N3O4S/c1-9-3-2-8-13-12(9)14-20(18,19)11-6-4-10(5-7-11)15(16)17/h2-8H,1H3,(H,13,14). The van der Waals surface area contributed by atoms with Crippen molar-refractivity contribution in [2.45, 2.75) is 11.8 Å². The van der Waals surface area contributed by atoms with Crippen molar-refractivity contribution in [3.05, 3.63) is 58.3 Å². The molecule has 0 saturated carbocycles. The molecular weight excluding hydrogens is 282 g/mol. The Kier molecular flexibility index (Phi) is 3.66. The molecule has 0 bridgehead atoms. The van der Waals surface area contributed by atoms with Gasteiger partial charge < -0.3 is 0 Å². The number of nitro benzene ring substituents is 1. The van der Waals surface area contributed by atoms with Crippen molar-refractivity contribution in [3.63, 3.8) is 0 Å². The summed E-state index contributed by atoms with van der Waals surface area (Å²) in [5.74, 6) is 0.228. The summed E-state index contributed by atoms with van der Waals surface area (Å²) < 4.78 is 26.6. The van der Waals surface area contributed by atoms with Crippen LogP contribution in [-0.2, 0) is 10.0 Å². The number of hydrogen-bond donors (Lipinski definition) is 1. The molecule has 1 aromatic carbocycles. The molecule has 0 aliphatic carbocycles. The van der Waals surface area contributed by atoms with Crippen LogP contribution >= 0.6 is 0 Å². The average molecular weight is 293 g/mol. The summed E-state index contributed by atoms with van der Waals surface area (Å²) in [7, 11) is -3.81. The molecule has 0 unspecified atom stereocenters. The molecule has 0 aliphatic heterocycles. The molecule has 104 valence electrons. The number of sulfonamides is 1. The van der Waals surface area contributed by atoms with Crippen LogP contribution in [0.4, 0.5) is 11.5 Å². The summed E-state index contributed by atoms with van der Waals surface area (Å²) >= 11 is 0. The highest BCUT2D eigenvalue weighted by atomic mass is 32.2. The second-order valence-corrected chi connectivity index (χ2v) is 5.71. The normalized spacial score (nSPS) is 11.1. The van der Waals surface area contributed by atoms with Crippen LogP contribution in [0.3, 0.4) is 0 Å². The summed E-state index contributed by atoms with van der Waals surface area (Å²) in [4.78, 5) is 13.8. The number of aryl methyl sites for hydroxylation is 1. The first-order valence-corrected chi connectivity index (χ1v) is 7.07. The predicted molar refractivity (Wildman–Crippen MR) is 72.9 cm³/mol. The molecule has 0 amide bonds. The van der Waals surface area contributed by atoms with Gasteiger partial charge in [0, 0.05) is 18.3 Å². The molecule has 0 radical (unpaired) electrons. The van der Waals surface area contributed by atoms with Crippen LogP contribution in [0.2, 0.25) is 0 Å². The third-order valence-corrected chi connectivity index (χ3v) is 3.95. The van der Waals surface area contributed by atoms with E-state index in [1.807, 2.05) is 0 Å². The molecule has 2 aromatic rings. The van der Waals surface area contributed by atoms with E-state index in [0.29, 0.717) is 5.56 Å². The Hall–Kier alpha value is -2.48. The van der Waals surface area contributed by atoms with Gasteiger partial charge >= 0.3 is 0 Å². The Morgan fingerprint density at radius 3 is 2.40 bits per heavy atom. The van der Waals surface area contributed by atoms with Crippen molar-refractivity contribution in [1.82, 2.24) is 4.98 Å².